The minimum Gasteiger partial charge on any atom is -0.352 e. The van der Waals surface area contributed by atoms with Crippen molar-refractivity contribution in [1.82, 2.24) is 20.0 Å². The Bertz CT molecular complexity index is 881. The Morgan fingerprint density at radius 1 is 1.03 bits per heavy atom. The molecule has 6 heteroatoms. The molecule has 29 heavy (non-hydrogen) atoms. The molecule has 1 saturated carbocycles. The number of nitrogens with zero attached hydrogens (tertiary/aromatic N) is 3. The maximum Gasteiger partial charge on any atom is 0.275 e. The van der Waals surface area contributed by atoms with Crippen LogP contribution in [0.2, 0.25) is 0 Å². The zero-order chi connectivity index (χ0) is 20.4. The first-order valence-corrected chi connectivity index (χ1v) is 10.8. The van der Waals surface area contributed by atoms with Gasteiger partial charge in [0.05, 0.1) is 5.69 Å². The molecule has 1 N–H and O–H groups in total. The van der Waals surface area contributed by atoms with E-state index < -0.39 is 0 Å². The lowest BCUT2D eigenvalue weighted by Crippen LogP contribution is -2.49. The molecule has 2 aromatic rings. The molecule has 2 fully saturated rings. The van der Waals surface area contributed by atoms with Crippen molar-refractivity contribution >= 4 is 11.8 Å². The van der Waals surface area contributed by atoms with Crippen molar-refractivity contribution in [2.75, 3.05) is 6.54 Å². The molecule has 0 bridgehead atoms. The Morgan fingerprint density at radius 2 is 1.76 bits per heavy atom. The van der Waals surface area contributed by atoms with Crippen molar-refractivity contribution in [2.24, 2.45) is 7.05 Å². The Kier molecular flexibility index (Phi) is 5.69. The fourth-order valence-electron chi connectivity index (χ4n) is 4.54. The molecule has 2 heterocycles. The van der Waals surface area contributed by atoms with Gasteiger partial charge >= 0.3 is 0 Å². The summed E-state index contributed by atoms with van der Waals surface area (Å²) in [5.74, 6) is -0.155. The van der Waals surface area contributed by atoms with Gasteiger partial charge in [-0.05, 0) is 44.2 Å². The van der Waals surface area contributed by atoms with Gasteiger partial charge in [-0.15, -0.1) is 0 Å². The van der Waals surface area contributed by atoms with Crippen molar-refractivity contribution in [3.8, 4) is 11.3 Å². The predicted molar refractivity (Wildman–Crippen MR) is 112 cm³/mol. The minimum absolute atomic E-state index is 0.00237. The van der Waals surface area contributed by atoms with E-state index in [-0.39, 0.29) is 23.9 Å². The summed E-state index contributed by atoms with van der Waals surface area (Å²) in [4.78, 5) is 27.7. The van der Waals surface area contributed by atoms with Crippen LogP contribution < -0.4 is 5.32 Å². The summed E-state index contributed by atoms with van der Waals surface area (Å²) < 4.78 is 1.74. The lowest BCUT2D eigenvalue weighted by atomic mass is 9.95. The first-order valence-electron chi connectivity index (χ1n) is 10.8. The predicted octanol–water partition coefficient (Wildman–Crippen LogP) is 3.45. The number of aromatic nitrogens is 2. The van der Waals surface area contributed by atoms with Crippen molar-refractivity contribution < 1.29 is 9.59 Å². The van der Waals surface area contributed by atoms with Gasteiger partial charge in [0.1, 0.15) is 6.04 Å². The standard InChI is InChI=1S/C23H30N4O2/c1-16-10-12-17(13-11-16)21-15-19(25-26(21)2)23(29)27-14-6-9-20(27)22(28)24-18-7-4-3-5-8-18/h10-13,15,18,20H,3-9,14H2,1-2H3,(H,24,28)/t20-/m0/s1. The van der Waals surface area contributed by atoms with Crippen LogP contribution in [0.5, 0.6) is 0 Å². The summed E-state index contributed by atoms with van der Waals surface area (Å²) in [6.07, 6.45) is 7.28. The van der Waals surface area contributed by atoms with Gasteiger partial charge in [0.25, 0.3) is 5.91 Å². The van der Waals surface area contributed by atoms with Gasteiger partial charge in [-0.25, -0.2) is 0 Å². The largest absolute Gasteiger partial charge is 0.352 e. The van der Waals surface area contributed by atoms with Gasteiger partial charge in [-0.2, -0.15) is 5.10 Å². The number of likely N-dealkylation sites (tertiary alicyclic amines) is 1. The average Bonchev–Trinajstić information content (AvgIpc) is 3.36. The summed E-state index contributed by atoms with van der Waals surface area (Å²) in [6.45, 7) is 2.66. The summed E-state index contributed by atoms with van der Waals surface area (Å²) >= 11 is 0. The van der Waals surface area contributed by atoms with Crippen LogP contribution in [0.3, 0.4) is 0 Å². The molecule has 6 nitrogen and oxygen atoms in total. The molecular weight excluding hydrogens is 364 g/mol. The second kappa shape index (κ2) is 8.39. The van der Waals surface area contributed by atoms with Crippen LogP contribution in [-0.4, -0.2) is 45.1 Å². The van der Waals surface area contributed by atoms with Crippen molar-refractivity contribution in [3.05, 3.63) is 41.6 Å². The molecule has 4 rings (SSSR count). The third-order valence-corrected chi connectivity index (χ3v) is 6.21. The molecular formula is C23H30N4O2. The Morgan fingerprint density at radius 3 is 2.48 bits per heavy atom. The second-order valence-electron chi connectivity index (χ2n) is 8.40. The Labute approximate surface area is 172 Å². The molecule has 1 aliphatic carbocycles. The van der Waals surface area contributed by atoms with Crippen LogP contribution in [0.15, 0.2) is 30.3 Å². The van der Waals surface area contributed by atoms with Crippen LogP contribution in [0.25, 0.3) is 11.3 Å². The van der Waals surface area contributed by atoms with Gasteiger partial charge in [0.15, 0.2) is 5.69 Å². The van der Waals surface area contributed by atoms with E-state index in [1.54, 1.807) is 9.58 Å². The van der Waals surface area contributed by atoms with Crippen LogP contribution in [0.4, 0.5) is 0 Å². The Hall–Kier alpha value is -2.63. The highest BCUT2D eigenvalue weighted by atomic mass is 16.2. The quantitative estimate of drug-likeness (QED) is 0.864. The molecule has 1 saturated heterocycles. The van der Waals surface area contributed by atoms with E-state index in [4.69, 9.17) is 0 Å². The van der Waals surface area contributed by atoms with E-state index in [0.29, 0.717) is 12.2 Å². The van der Waals surface area contributed by atoms with Gasteiger partial charge in [0.2, 0.25) is 5.91 Å². The van der Waals surface area contributed by atoms with Crippen LogP contribution in [0, 0.1) is 6.92 Å². The van der Waals surface area contributed by atoms with E-state index in [2.05, 4.69) is 22.5 Å². The van der Waals surface area contributed by atoms with E-state index in [9.17, 15) is 9.59 Å². The summed E-state index contributed by atoms with van der Waals surface area (Å²) in [7, 11) is 1.85. The molecule has 1 aliphatic heterocycles. The lowest BCUT2D eigenvalue weighted by molar-refractivity contribution is -0.125. The molecule has 1 aromatic heterocycles. The van der Waals surface area contributed by atoms with Crippen molar-refractivity contribution in [1.29, 1.82) is 0 Å². The van der Waals surface area contributed by atoms with Crippen LogP contribution in [0.1, 0.15) is 61.0 Å². The monoisotopic (exact) mass is 394 g/mol. The number of amides is 2. The molecule has 1 atom stereocenters. The first-order chi connectivity index (χ1) is 14.0. The summed E-state index contributed by atoms with van der Waals surface area (Å²) in [5, 5.41) is 7.64. The number of nitrogens with one attached hydrogen (secondary N) is 1. The molecule has 154 valence electrons. The third kappa shape index (κ3) is 4.21. The number of aryl methyl sites for hydroxylation is 2. The number of carbonyl (C=O) groups excluding carboxylic acids is 2. The van der Waals surface area contributed by atoms with Crippen LogP contribution in [-0.2, 0) is 11.8 Å². The maximum atomic E-state index is 13.2. The fourth-order valence-corrected chi connectivity index (χ4v) is 4.54. The van der Waals surface area contributed by atoms with Gasteiger partial charge in [0, 0.05) is 19.6 Å². The molecule has 0 spiro atoms. The van der Waals surface area contributed by atoms with Crippen molar-refractivity contribution in [2.45, 2.75) is 64.0 Å². The van der Waals surface area contributed by atoms with E-state index in [0.717, 1.165) is 36.9 Å². The number of hydrogen-bond donors (Lipinski definition) is 1. The van der Waals surface area contributed by atoms with Crippen molar-refractivity contribution in [3.63, 3.8) is 0 Å². The number of carbonyl (C=O) groups is 2. The smallest absolute Gasteiger partial charge is 0.275 e. The minimum atomic E-state index is -0.380. The molecule has 0 radical (unpaired) electrons. The van der Waals surface area contributed by atoms with Gasteiger partial charge in [-0.3, -0.25) is 14.3 Å². The zero-order valence-electron chi connectivity index (χ0n) is 17.4. The second-order valence-corrected chi connectivity index (χ2v) is 8.40. The SMILES string of the molecule is Cc1ccc(-c2cc(C(=O)N3CCC[C@H]3C(=O)NC3CCCCC3)nn2C)cc1. The molecule has 1 aromatic carbocycles. The van der Waals surface area contributed by atoms with Gasteiger partial charge in [-0.1, -0.05) is 49.1 Å². The highest BCUT2D eigenvalue weighted by Gasteiger charge is 2.36. The Balaban J connectivity index is 1.49. The molecule has 0 unspecified atom stereocenters. The van der Waals surface area contributed by atoms with Crippen LogP contribution >= 0.6 is 0 Å². The lowest BCUT2D eigenvalue weighted by Gasteiger charge is -2.28. The fraction of sp³-hybridized carbons (Fsp3) is 0.522. The van der Waals surface area contributed by atoms with Gasteiger partial charge < -0.3 is 10.2 Å². The zero-order valence-corrected chi connectivity index (χ0v) is 17.4. The average molecular weight is 395 g/mol. The number of benzene rings is 1. The topological polar surface area (TPSA) is 67.2 Å². The maximum absolute atomic E-state index is 13.2. The van der Waals surface area contributed by atoms with E-state index in [1.165, 1.54) is 24.8 Å². The molecule has 2 aliphatic rings. The summed E-state index contributed by atoms with van der Waals surface area (Å²) in [6, 6.07) is 9.90. The number of rotatable bonds is 4. The van der Waals surface area contributed by atoms with E-state index in [1.807, 2.05) is 32.2 Å². The number of hydrogen-bond acceptors (Lipinski definition) is 3. The molecule has 2 amide bonds. The first kappa shape index (κ1) is 19.7. The third-order valence-electron chi connectivity index (χ3n) is 6.21. The summed E-state index contributed by atoms with van der Waals surface area (Å²) in [5.41, 5.74) is 3.52. The highest BCUT2D eigenvalue weighted by Crippen LogP contribution is 2.25. The normalized spacial score (nSPS) is 20.1. The van der Waals surface area contributed by atoms with E-state index >= 15 is 0 Å². The highest BCUT2D eigenvalue weighted by molar-refractivity contribution is 5.97.